The molecule has 3 unspecified atom stereocenters. The lowest BCUT2D eigenvalue weighted by molar-refractivity contribution is -0.254. The van der Waals surface area contributed by atoms with Crippen LogP contribution in [0.3, 0.4) is 0 Å². The van der Waals surface area contributed by atoms with E-state index in [4.69, 9.17) is 14.6 Å². The summed E-state index contributed by atoms with van der Waals surface area (Å²) in [6.07, 6.45) is -0.177. The molecule has 0 saturated carbocycles. The van der Waals surface area contributed by atoms with Crippen molar-refractivity contribution in [2.45, 2.75) is 57.7 Å². The van der Waals surface area contributed by atoms with Gasteiger partial charge in [-0.3, -0.25) is 0 Å². The van der Waals surface area contributed by atoms with Crippen LogP contribution in [0.25, 0.3) is 0 Å². The van der Waals surface area contributed by atoms with Crippen LogP contribution >= 0.6 is 0 Å². The van der Waals surface area contributed by atoms with E-state index < -0.39 is 12.4 Å². The Morgan fingerprint density at radius 2 is 2.00 bits per heavy atom. The summed E-state index contributed by atoms with van der Waals surface area (Å²) in [7, 11) is 0. The van der Waals surface area contributed by atoms with Crippen molar-refractivity contribution >= 4 is 0 Å². The topological polar surface area (TPSA) is 58.9 Å². The average molecular weight is 204 g/mol. The zero-order chi connectivity index (χ0) is 10.8. The molecular formula is C10H20O4. The second-order valence-corrected chi connectivity index (χ2v) is 4.73. The SMILES string of the molecule is CC(C)(C)OC1CC(O)CC(CO)O1. The predicted octanol–water partition coefficient (Wildman–Crippen LogP) is 0.660. The minimum atomic E-state index is -0.437. The predicted molar refractivity (Wildman–Crippen MR) is 51.8 cm³/mol. The number of aliphatic hydroxyl groups is 2. The quantitative estimate of drug-likeness (QED) is 0.693. The van der Waals surface area contributed by atoms with E-state index in [2.05, 4.69) is 0 Å². The van der Waals surface area contributed by atoms with Crippen LogP contribution in [0.4, 0.5) is 0 Å². The summed E-state index contributed by atoms with van der Waals surface area (Å²) >= 11 is 0. The van der Waals surface area contributed by atoms with Gasteiger partial charge in [-0.15, -0.1) is 0 Å². The molecule has 0 spiro atoms. The van der Waals surface area contributed by atoms with E-state index in [0.29, 0.717) is 12.8 Å². The van der Waals surface area contributed by atoms with Gasteiger partial charge in [0, 0.05) is 12.8 Å². The minimum Gasteiger partial charge on any atom is -0.394 e. The molecule has 1 heterocycles. The van der Waals surface area contributed by atoms with Crippen LogP contribution in [0.5, 0.6) is 0 Å². The van der Waals surface area contributed by atoms with Crippen molar-refractivity contribution in [2.24, 2.45) is 0 Å². The number of hydrogen-bond donors (Lipinski definition) is 2. The van der Waals surface area contributed by atoms with Gasteiger partial charge in [0.05, 0.1) is 24.4 Å². The highest BCUT2D eigenvalue weighted by atomic mass is 16.7. The van der Waals surface area contributed by atoms with Gasteiger partial charge in [-0.05, 0) is 20.8 Å². The van der Waals surface area contributed by atoms with Crippen LogP contribution in [-0.4, -0.2) is 40.9 Å². The standard InChI is InChI=1S/C10H20O4/c1-10(2,3)14-9-5-7(12)4-8(6-11)13-9/h7-9,11-12H,4-6H2,1-3H3. The fourth-order valence-corrected chi connectivity index (χ4v) is 1.54. The van der Waals surface area contributed by atoms with Crippen molar-refractivity contribution in [3.63, 3.8) is 0 Å². The largest absolute Gasteiger partial charge is 0.394 e. The highest BCUT2D eigenvalue weighted by Gasteiger charge is 2.31. The van der Waals surface area contributed by atoms with Gasteiger partial charge in [0.2, 0.25) is 0 Å². The van der Waals surface area contributed by atoms with E-state index >= 15 is 0 Å². The van der Waals surface area contributed by atoms with E-state index in [9.17, 15) is 5.11 Å². The Labute approximate surface area is 84.8 Å². The van der Waals surface area contributed by atoms with Crippen molar-refractivity contribution in [1.82, 2.24) is 0 Å². The Hall–Kier alpha value is -0.160. The molecule has 1 saturated heterocycles. The Morgan fingerprint density at radius 3 is 2.50 bits per heavy atom. The molecule has 1 aliphatic rings. The van der Waals surface area contributed by atoms with Crippen LogP contribution in [0, 0.1) is 0 Å². The zero-order valence-corrected chi connectivity index (χ0v) is 9.06. The second-order valence-electron chi connectivity index (χ2n) is 4.73. The molecule has 2 N–H and O–H groups in total. The highest BCUT2D eigenvalue weighted by molar-refractivity contribution is 4.74. The van der Waals surface area contributed by atoms with Crippen LogP contribution in [0.2, 0.25) is 0 Å². The molecule has 1 fully saturated rings. The van der Waals surface area contributed by atoms with Crippen LogP contribution in [0.1, 0.15) is 33.6 Å². The lowest BCUT2D eigenvalue weighted by Gasteiger charge is -2.35. The van der Waals surface area contributed by atoms with Crippen LogP contribution in [-0.2, 0) is 9.47 Å². The first-order valence-electron chi connectivity index (χ1n) is 5.03. The normalized spacial score (nSPS) is 34.5. The molecule has 4 heteroatoms. The maximum atomic E-state index is 9.51. The van der Waals surface area contributed by atoms with E-state index in [-0.39, 0.29) is 18.3 Å². The summed E-state index contributed by atoms with van der Waals surface area (Å²) in [4.78, 5) is 0. The van der Waals surface area contributed by atoms with E-state index in [1.54, 1.807) is 0 Å². The number of hydrogen-bond acceptors (Lipinski definition) is 4. The minimum absolute atomic E-state index is 0.0684. The Morgan fingerprint density at radius 1 is 1.36 bits per heavy atom. The summed E-state index contributed by atoms with van der Waals surface area (Å²) in [5.41, 5.74) is -0.290. The van der Waals surface area contributed by atoms with Gasteiger partial charge in [0.15, 0.2) is 6.29 Å². The summed E-state index contributed by atoms with van der Waals surface area (Å²) < 4.78 is 11.0. The van der Waals surface area contributed by atoms with E-state index in [1.807, 2.05) is 20.8 Å². The fourth-order valence-electron chi connectivity index (χ4n) is 1.54. The number of rotatable bonds is 2. The van der Waals surface area contributed by atoms with Crippen molar-refractivity contribution in [2.75, 3.05) is 6.61 Å². The maximum absolute atomic E-state index is 9.51. The molecule has 0 amide bonds. The third-order valence-electron chi connectivity index (χ3n) is 2.03. The molecule has 14 heavy (non-hydrogen) atoms. The molecule has 0 aromatic heterocycles. The molecule has 0 aromatic rings. The Bertz CT molecular complexity index is 175. The van der Waals surface area contributed by atoms with Gasteiger partial charge in [-0.25, -0.2) is 0 Å². The molecule has 0 bridgehead atoms. The first kappa shape index (κ1) is 11.9. The first-order valence-corrected chi connectivity index (χ1v) is 5.03. The van der Waals surface area contributed by atoms with Gasteiger partial charge in [-0.2, -0.15) is 0 Å². The number of aliphatic hydroxyl groups excluding tert-OH is 2. The van der Waals surface area contributed by atoms with E-state index in [1.165, 1.54) is 0 Å². The Balaban J connectivity index is 2.45. The summed E-state index contributed by atoms with van der Waals surface area (Å²) in [6.45, 7) is 5.74. The van der Waals surface area contributed by atoms with E-state index in [0.717, 1.165) is 0 Å². The van der Waals surface area contributed by atoms with Gasteiger partial charge >= 0.3 is 0 Å². The summed E-state index contributed by atoms with van der Waals surface area (Å²) in [5.74, 6) is 0. The lowest BCUT2D eigenvalue weighted by Crippen LogP contribution is -2.42. The van der Waals surface area contributed by atoms with Crippen molar-refractivity contribution in [3.8, 4) is 0 Å². The second kappa shape index (κ2) is 4.57. The molecular weight excluding hydrogens is 184 g/mol. The molecule has 4 nitrogen and oxygen atoms in total. The maximum Gasteiger partial charge on any atom is 0.161 e. The van der Waals surface area contributed by atoms with Crippen molar-refractivity contribution < 1.29 is 19.7 Å². The molecule has 0 radical (unpaired) electrons. The monoisotopic (exact) mass is 204 g/mol. The van der Waals surface area contributed by atoms with Gasteiger partial charge < -0.3 is 19.7 Å². The third kappa shape index (κ3) is 3.92. The zero-order valence-electron chi connectivity index (χ0n) is 9.06. The third-order valence-corrected chi connectivity index (χ3v) is 2.03. The van der Waals surface area contributed by atoms with Crippen LogP contribution in [0.15, 0.2) is 0 Å². The number of ether oxygens (including phenoxy) is 2. The lowest BCUT2D eigenvalue weighted by atomic mass is 10.1. The first-order chi connectivity index (χ1) is 6.40. The molecule has 0 aliphatic carbocycles. The molecule has 1 aliphatic heterocycles. The summed E-state index contributed by atoms with van der Waals surface area (Å²) in [5, 5.41) is 18.4. The molecule has 1 rings (SSSR count). The van der Waals surface area contributed by atoms with Crippen molar-refractivity contribution in [1.29, 1.82) is 0 Å². The summed E-state index contributed by atoms with van der Waals surface area (Å²) in [6, 6.07) is 0. The highest BCUT2D eigenvalue weighted by Crippen LogP contribution is 2.24. The van der Waals surface area contributed by atoms with Crippen LogP contribution < -0.4 is 0 Å². The van der Waals surface area contributed by atoms with Gasteiger partial charge in [0.25, 0.3) is 0 Å². The smallest absolute Gasteiger partial charge is 0.161 e. The molecule has 3 atom stereocenters. The fraction of sp³-hybridized carbons (Fsp3) is 1.00. The Kier molecular flexibility index (Phi) is 3.89. The van der Waals surface area contributed by atoms with Gasteiger partial charge in [-0.1, -0.05) is 0 Å². The molecule has 84 valence electrons. The van der Waals surface area contributed by atoms with Crippen molar-refractivity contribution in [3.05, 3.63) is 0 Å². The van der Waals surface area contributed by atoms with Gasteiger partial charge in [0.1, 0.15) is 0 Å². The average Bonchev–Trinajstić information content (AvgIpc) is 1.99. The molecule has 0 aromatic carbocycles.